The number of carbonyl (C=O) groups excluding carboxylic acids is 1. The molecule has 9 heteroatoms. The van der Waals surface area contributed by atoms with E-state index >= 15 is 0 Å². The number of aromatic carboxylic acids is 1. The van der Waals surface area contributed by atoms with Gasteiger partial charge in [0.25, 0.3) is 0 Å². The van der Waals surface area contributed by atoms with Gasteiger partial charge in [-0.3, -0.25) is 4.79 Å². The zero-order valence-electron chi connectivity index (χ0n) is 17.8. The number of carboxylic acid groups (broad SMARTS) is 1. The monoisotopic (exact) mass is 454 g/mol. The summed E-state index contributed by atoms with van der Waals surface area (Å²) in [6, 6.07) is 7.33. The number of hydrogen-bond acceptors (Lipinski definition) is 5. The number of anilines is 1. The van der Waals surface area contributed by atoms with Crippen LogP contribution in [0, 0.1) is 11.8 Å². The molecular formula is C23H23ClN4O4. The molecule has 2 atom stereocenters. The highest BCUT2D eigenvalue weighted by Crippen LogP contribution is 2.40. The highest BCUT2D eigenvalue weighted by Gasteiger charge is 2.41. The van der Waals surface area contributed by atoms with E-state index in [1.54, 1.807) is 26.2 Å². The zero-order valence-corrected chi connectivity index (χ0v) is 18.5. The van der Waals surface area contributed by atoms with Crippen LogP contribution in [-0.4, -0.2) is 65.1 Å². The van der Waals surface area contributed by atoms with Gasteiger partial charge in [0.2, 0.25) is 11.8 Å². The number of halogens is 1. The maximum absolute atomic E-state index is 11.7. The topological polar surface area (TPSA) is 98.8 Å². The summed E-state index contributed by atoms with van der Waals surface area (Å²) < 4.78 is 5.60. The summed E-state index contributed by atoms with van der Waals surface area (Å²) in [4.78, 5) is 35.1. The number of fused-ring (bicyclic) bond motifs is 2. The number of methoxy groups -OCH3 is 1. The number of hydrogen-bond donors (Lipinski definition) is 2. The standard InChI is InChI=1S/C23H23ClN4O4/c1-12(29)27-8-13-10-28(11-14(13)9-27)21-4-3-15(22(26-21)32-2)16-5-17-18(23(30)31)7-25-20(17)6-19(16)24/h3-7,13-14,25H,8-11H2,1-2H3,(H,30,31)/t13-,14-/m0/s1. The Morgan fingerprint density at radius 1 is 1.16 bits per heavy atom. The molecule has 2 saturated heterocycles. The SMILES string of the molecule is COc1nc(N2C[C@@H]3CN(C(C)=O)C[C@H]3C2)ccc1-c1cc2c(C(=O)O)c[nH]c2cc1Cl. The summed E-state index contributed by atoms with van der Waals surface area (Å²) in [5, 5.41) is 10.5. The highest BCUT2D eigenvalue weighted by molar-refractivity contribution is 6.34. The van der Waals surface area contributed by atoms with Crippen molar-refractivity contribution in [3.8, 4) is 17.0 Å². The molecule has 1 aromatic carbocycles. The molecule has 3 aromatic rings. The van der Waals surface area contributed by atoms with Crippen LogP contribution in [-0.2, 0) is 4.79 Å². The molecule has 8 nitrogen and oxygen atoms in total. The number of nitrogens with one attached hydrogen (secondary N) is 1. The van der Waals surface area contributed by atoms with Crippen LogP contribution in [0.3, 0.4) is 0 Å². The zero-order chi connectivity index (χ0) is 22.6. The number of pyridine rings is 1. The fourth-order valence-corrected chi connectivity index (χ4v) is 5.20. The lowest BCUT2D eigenvalue weighted by atomic mass is 10.0. The van der Waals surface area contributed by atoms with Crippen LogP contribution < -0.4 is 9.64 Å². The Hall–Kier alpha value is -3.26. The lowest BCUT2D eigenvalue weighted by Crippen LogP contribution is -2.31. The van der Waals surface area contributed by atoms with Crippen molar-refractivity contribution < 1.29 is 19.4 Å². The van der Waals surface area contributed by atoms with Gasteiger partial charge in [-0.25, -0.2) is 4.79 Å². The molecule has 2 aliphatic rings. The van der Waals surface area contributed by atoms with Crippen LogP contribution in [0.15, 0.2) is 30.5 Å². The number of likely N-dealkylation sites (tertiary alicyclic amines) is 1. The minimum absolute atomic E-state index is 0.137. The first-order chi connectivity index (χ1) is 15.4. The molecule has 4 heterocycles. The van der Waals surface area contributed by atoms with Gasteiger partial charge >= 0.3 is 5.97 Å². The molecule has 0 bridgehead atoms. The van der Waals surface area contributed by atoms with Gasteiger partial charge in [0.1, 0.15) is 5.82 Å². The Labute approximate surface area is 189 Å². The minimum Gasteiger partial charge on any atom is -0.480 e. The molecule has 166 valence electrons. The van der Waals surface area contributed by atoms with Crippen molar-refractivity contribution in [3.63, 3.8) is 0 Å². The van der Waals surface area contributed by atoms with E-state index in [1.165, 1.54) is 6.20 Å². The van der Waals surface area contributed by atoms with Gasteiger partial charge in [-0.2, -0.15) is 4.98 Å². The van der Waals surface area contributed by atoms with Crippen LogP contribution in [0.4, 0.5) is 5.82 Å². The number of H-pyrrole nitrogens is 1. The van der Waals surface area contributed by atoms with Crippen molar-refractivity contribution >= 4 is 40.2 Å². The summed E-state index contributed by atoms with van der Waals surface area (Å²) in [6.07, 6.45) is 1.46. The molecule has 0 aliphatic carbocycles. The Kier molecular flexibility index (Phi) is 4.97. The van der Waals surface area contributed by atoms with Crippen molar-refractivity contribution in [1.29, 1.82) is 0 Å². The number of carboxylic acids is 1. The summed E-state index contributed by atoms with van der Waals surface area (Å²) in [6.45, 7) is 4.91. The third-order valence-corrected chi connectivity index (χ3v) is 6.90. The quantitative estimate of drug-likeness (QED) is 0.626. The number of amides is 1. The van der Waals surface area contributed by atoms with Gasteiger partial charge < -0.3 is 24.6 Å². The summed E-state index contributed by atoms with van der Waals surface area (Å²) >= 11 is 6.53. The van der Waals surface area contributed by atoms with Crippen LogP contribution in [0.25, 0.3) is 22.0 Å². The number of aromatic nitrogens is 2. The fraction of sp³-hybridized carbons (Fsp3) is 0.348. The summed E-state index contributed by atoms with van der Waals surface area (Å²) in [5.41, 5.74) is 2.20. The molecule has 0 saturated carbocycles. The first-order valence-electron chi connectivity index (χ1n) is 10.5. The lowest BCUT2D eigenvalue weighted by Gasteiger charge is -2.22. The third-order valence-electron chi connectivity index (χ3n) is 6.58. The molecule has 2 N–H and O–H groups in total. The Morgan fingerprint density at radius 3 is 2.50 bits per heavy atom. The van der Waals surface area contributed by atoms with E-state index in [1.807, 2.05) is 17.0 Å². The predicted octanol–water partition coefficient (Wildman–Crippen LogP) is 3.50. The van der Waals surface area contributed by atoms with Gasteiger partial charge in [0, 0.05) is 73.2 Å². The van der Waals surface area contributed by atoms with E-state index in [2.05, 4.69) is 9.88 Å². The lowest BCUT2D eigenvalue weighted by molar-refractivity contribution is -0.128. The smallest absolute Gasteiger partial charge is 0.337 e. The van der Waals surface area contributed by atoms with Gasteiger partial charge in [0.15, 0.2) is 0 Å². The summed E-state index contributed by atoms with van der Waals surface area (Å²) in [7, 11) is 1.56. The molecule has 1 amide bonds. The molecule has 0 radical (unpaired) electrons. The second kappa shape index (κ2) is 7.70. The molecular weight excluding hydrogens is 432 g/mol. The first kappa shape index (κ1) is 20.6. The molecule has 2 aliphatic heterocycles. The largest absolute Gasteiger partial charge is 0.480 e. The van der Waals surface area contributed by atoms with Crippen molar-refractivity contribution in [2.45, 2.75) is 6.92 Å². The number of aromatic amines is 1. The number of benzene rings is 1. The van der Waals surface area contributed by atoms with Crippen molar-refractivity contribution in [3.05, 3.63) is 41.0 Å². The fourth-order valence-electron chi connectivity index (χ4n) is 4.93. The van der Waals surface area contributed by atoms with Gasteiger partial charge in [0.05, 0.1) is 17.7 Å². The second-order valence-corrected chi connectivity index (χ2v) is 8.87. The van der Waals surface area contributed by atoms with E-state index in [0.717, 1.165) is 32.0 Å². The highest BCUT2D eigenvalue weighted by atomic mass is 35.5. The van der Waals surface area contributed by atoms with Crippen LogP contribution in [0.1, 0.15) is 17.3 Å². The average molecular weight is 455 g/mol. The molecule has 2 fully saturated rings. The van der Waals surface area contributed by atoms with E-state index in [4.69, 9.17) is 21.3 Å². The Morgan fingerprint density at radius 2 is 1.88 bits per heavy atom. The first-order valence-corrected chi connectivity index (χ1v) is 10.8. The molecule has 32 heavy (non-hydrogen) atoms. The van der Waals surface area contributed by atoms with Gasteiger partial charge in [-0.15, -0.1) is 0 Å². The van der Waals surface area contributed by atoms with Crippen LogP contribution in [0.5, 0.6) is 5.88 Å². The van der Waals surface area contributed by atoms with Crippen molar-refractivity contribution in [2.75, 3.05) is 38.2 Å². The van der Waals surface area contributed by atoms with E-state index in [-0.39, 0.29) is 11.5 Å². The normalized spacial score (nSPS) is 20.1. The molecule has 0 unspecified atom stereocenters. The molecule has 5 rings (SSSR count). The maximum atomic E-state index is 11.7. The van der Waals surface area contributed by atoms with Crippen molar-refractivity contribution in [1.82, 2.24) is 14.9 Å². The Bertz CT molecular complexity index is 1230. The number of carbonyl (C=O) groups is 2. The summed E-state index contributed by atoms with van der Waals surface area (Å²) in [5.74, 6) is 1.28. The van der Waals surface area contributed by atoms with E-state index in [9.17, 15) is 14.7 Å². The molecule has 0 spiro atoms. The van der Waals surface area contributed by atoms with Crippen molar-refractivity contribution in [2.24, 2.45) is 11.8 Å². The minimum atomic E-state index is -1.01. The predicted molar refractivity (Wildman–Crippen MR) is 121 cm³/mol. The van der Waals surface area contributed by atoms with Crippen LogP contribution in [0.2, 0.25) is 5.02 Å². The van der Waals surface area contributed by atoms with E-state index in [0.29, 0.717) is 44.8 Å². The number of nitrogens with zero attached hydrogens (tertiary/aromatic N) is 3. The molecule has 2 aromatic heterocycles. The average Bonchev–Trinajstić information content (AvgIpc) is 3.45. The van der Waals surface area contributed by atoms with Gasteiger partial charge in [-0.05, 0) is 24.3 Å². The number of rotatable bonds is 4. The van der Waals surface area contributed by atoms with Crippen LogP contribution >= 0.6 is 11.6 Å². The third kappa shape index (κ3) is 3.35. The second-order valence-electron chi connectivity index (χ2n) is 8.46. The van der Waals surface area contributed by atoms with Gasteiger partial charge in [-0.1, -0.05) is 11.6 Å². The maximum Gasteiger partial charge on any atom is 0.337 e. The Balaban J connectivity index is 1.46. The number of ether oxygens (including phenoxy) is 1. The van der Waals surface area contributed by atoms with E-state index < -0.39 is 5.97 Å².